The molecule has 0 aliphatic carbocycles. The average Bonchev–Trinajstić information content (AvgIpc) is 2.42. The second-order valence-corrected chi connectivity index (χ2v) is 3.34. The van der Waals surface area contributed by atoms with Crippen LogP contribution in [0.15, 0.2) is 23.5 Å². The molecule has 1 aromatic carbocycles. The van der Waals surface area contributed by atoms with Crippen LogP contribution < -0.4 is 5.32 Å². The summed E-state index contributed by atoms with van der Waals surface area (Å²) in [6, 6.07) is 3.77. The van der Waals surface area contributed by atoms with Gasteiger partial charge in [-0.25, -0.2) is 0 Å². The van der Waals surface area contributed by atoms with Gasteiger partial charge in [0.15, 0.2) is 0 Å². The van der Waals surface area contributed by atoms with E-state index in [0.29, 0.717) is 0 Å². The minimum atomic E-state index is -2.60. The van der Waals surface area contributed by atoms with Crippen LogP contribution in [0.5, 0.6) is 0 Å². The molecule has 0 spiro atoms. The minimum Gasteiger partial charge on any atom is -0.324 e. The van der Waals surface area contributed by atoms with Crippen molar-refractivity contribution in [3.05, 3.63) is 34.2 Å². The van der Waals surface area contributed by atoms with Gasteiger partial charge in [0.2, 0.25) is 5.91 Å². The Bertz CT molecular complexity index is 553. The molecule has 0 aliphatic rings. The summed E-state index contributed by atoms with van der Waals surface area (Å²) in [6.07, 6.45) is 0. The third kappa shape index (κ3) is 3.55. The highest BCUT2D eigenvalue weighted by Gasteiger charge is 2.10. The van der Waals surface area contributed by atoms with Gasteiger partial charge >= 0.3 is 0 Å². The van der Waals surface area contributed by atoms with Crippen molar-refractivity contribution in [3.63, 3.8) is 0 Å². The Morgan fingerprint density at radius 2 is 2.12 bits per heavy atom. The van der Waals surface area contributed by atoms with Crippen LogP contribution in [0.4, 0.5) is 5.69 Å². The van der Waals surface area contributed by atoms with E-state index < -0.39 is 26.2 Å². The summed E-state index contributed by atoms with van der Waals surface area (Å²) in [4.78, 5) is 22.5. The van der Waals surface area contributed by atoms with Gasteiger partial charge in [-0.05, 0) is 31.8 Å². The zero-order chi connectivity index (χ0) is 17.8. The first-order valence-electron chi connectivity index (χ1n) is 8.02. The predicted octanol–water partition coefficient (Wildman–Crippen LogP) is 2.25. The zero-order valence-corrected chi connectivity index (χ0v) is 9.36. The molecule has 1 N–H and O–H groups in total. The first-order chi connectivity index (χ1) is 10.5. The molecule has 0 radical (unpaired) electrons. The van der Waals surface area contributed by atoms with Crippen molar-refractivity contribution in [3.8, 4) is 0 Å². The van der Waals surface area contributed by atoms with Crippen molar-refractivity contribution in [2.45, 2.75) is 20.6 Å². The molecule has 0 aliphatic heterocycles. The summed E-state index contributed by atoms with van der Waals surface area (Å²) in [6.45, 7) is -3.81. The van der Waals surface area contributed by atoms with E-state index in [0.717, 1.165) is 5.01 Å². The molecule has 92 valence electrons. The Morgan fingerprint density at radius 1 is 1.47 bits per heavy atom. The van der Waals surface area contributed by atoms with Crippen LogP contribution in [0.1, 0.15) is 26.3 Å². The minimum absolute atomic E-state index is 0.184. The van der Waals surface area contributed by atoms with Gasteiger partial charge in [0.25, 0.3) is 0 Å². The smallest absolute Gasteiger partial charge is 0.245 e. The monoisotopic (exact) mass is 241 g/mol. The van der Waals surface area contributed by atoms with Crippen LogP contribution in [-0.4, -0.2) is 24.0 Å². The Labute approximate surface area is 109 Å². The number of nitrogens with one attached hydrogen (secondary N) is 1. The number of amides is 1. The number of anilines is 1. The number of benzene rings is 1. The van der Waals surface area contributed by atoms with Gasteiger partial charge in [-0.15, -0.1) is 4.91 Å². The standard InChI is InChI=1S/C12H17N3O2/c1-4-15(14-17)8-11(16)13-12-9(2)6-5-7-10(12)3/h5-7H,4,8H2,1-3H3,(H,13,16)/i2D3,3D3. The molecule has 0 saturated heterocycles. The van der Waals surface area contributed by atoms with Gasteiger partial charge in [0.1, 0.15) is 6.54 Å². The predicted molar refractivity (Wildman–Crippen MR) is 67.6 cm³/mol. The van der Waals surface area contributed by atoms with Gasteiger partial charge in [-0.3, -0.25) is 9.80 Å². The van der Waals surface area contributed by atoms with E-state index in [1.54, 1.807) is 6.92 Å². The maximum absolute atomic E-state index is 12.0. The number of para-hydroxylation sites is 1. The fraction of sp³-hybridized carbons (Fsp3) is 0.417. The van der Waals surface area contributed by atoms with E-state index in [2.05, 4.69) is 10.6 Å². The Kier molecular flexibility index (Phi) is 2.37. The first-order valence-corrected chi connectivity index (χ1v) is 5.02. The van der Waals surface area contributed by atoms with Crippen molar-refractivity contribution in [1.82, 2.24) is 5.01 Å². The Hall–Kier alpha value is -1.91. The average molecular weight is 241 g/mol. The van der Waals surface area contributed by atoms with Crippen molar-refractivity contribution >= 4 is 11.6 Å². The topological polar surface area (TPSA) is 61.8 Å². The quantitative estimate of drug-likeness (QED) is 0.635. The highest BCUT2D eigenvalue weighted by Crippen LogP contribution is 2.19. The molecule has 5 nitrogen and oxygen atoms in total. The summed E-state index contributed by atoms with van der Waals surface area (Å²) < 4.78 is 45.0. The van der Waals surface area contributed by atoms with Gasteiger partial charge < -0.3 is 5.32 Å². The molecule has 0 heterocycles. The fourth-order valence-electron chi connectivity index (χ4n) is 1.23. The van der Waals surface area contributed by atoms with Crippen molar-refractivity contribution in [2.24, 2.45) is 5.29 Å². The molecular formula is C12H17N3O2. The van der Waals surface area contributed by atoms with E-state index >= 15 is 0 Å². The van der Waals surface area contributed by atoms with Crippen LogP contribution in [0.25, 0.3) is 0 Å². The van der Waals surface area contributed by atoms with E-state index in [1.807, 2.05) is 0 Å². The number of carbonyl (C=O) groups excluding carboxylic acids is 1. The molecule has 1 rings (SSSR count). The molecule has 1 amide bonds. The molecule has 17 heavy (non-hydrogen) atoms. The maximum atomic E-state index is 12.0. The third-order valence-corrected chi connectivity index (χ3v) is 2.14. The number of carbonyl (C=O) groups is 1. The van der Waals surface area contributed by atoms with Gasteiger partial charge in [0, 0.05) is 20.5 Å². The number of hydrogen-bond acceptors (Lipinski definition) is 3. The van der Waals surface area contributed by atoms with Gasteiger partial charge in [0.05, 0.1) is 5.29 Å². The summed E-state index contributed by atoms with van der Waals surface area (Å²) in [5.74, 6) is -0.728. The lowest BCUT2D eigenvalue weighted by molar-refractivity contribution is -0.117. The van der Waals surface area contributed by atoms with Crippen molar-refractivity contribution in [1.29, 1.82) is 0 Å². The second-order valence-electron chi connectivity index (χ2n) is 3.34. The lowest BCUT2D eigenvalue weighted by Crippen LogP contribution is -2.29. The SMILES string of the molecule is [2H]C([2H])([2H])c1cccc(C([2H])([2H])[2H])c1NC(=O)CN(CC)N=O. The number of rotatable bonds is 5. The summed E-state index contributed by atoms with van der Waals surface area (Å²) >= 11 is 0. The maximum Gasteiger partial charge on any atom is 0.245 e. The van der Waals surface area contributed by atoms with Crippen LogP contribution in [0.3, 0.4) is 0 Å². The molecule has 0 fully saturated rings. The lowest BCUT2D eigenvalue weighted by atomic mass is 10.1. The number of aryl methyl sites for hydroxylation is 2. The lowest BCUT2D eigenvalue weighted by Gasteiger charge is -2.14. The van der Waals surface area contributed by atoms with Gasteiger partial charge in [-0.2, -0.15) is 0 Å². The van der Waals surface area contributed by atoms with E-state index in [-0.39, 0.29) is 23.4 Å². The molecule has 5 heteroatoms. The van der Waals surface area contributed by atoms with Crippen LogP contribution in [0, 0.1) is 18.6 Å². The molecular weight excluding hydrogens is 218 g/mol. The van der Waals surface area contributed by atoms with E-state index in [4.69, 9.17) is 8.22 Å². The largest absolute Gasteiger partial charge is 0.324 e. The summed E-state index contributed by atoms with van der Waals surface area (Å²) in [5, 5.41) is 5.84. The molecule has 0 aromatic heterocycles. The van der Waals surface area contributed by atoms with Gasteiger partial charge in [-0.1, -0.05) is 18.2 Å². The van der Waals surface area contributed by atoms with E-state index in [9.17, 15) is 9.70 Å². The third-order valence-electron chi connectivity index (χ3n) is 2.14. The number of likely N-dealkylation sites (N-methyl/N-ethyl adjacent to an activating group) is 1. The Morgan fingerprint density at radius 3 is 2.59 bits per heavy atom. The number of nitrogens with zero attached hydrogens (tertiary/aromatic N) is 2. The zero-order valence-electron chi connectivity index (χ0n) is 15.4. The molecule has 0 saturated carbocycles. The summed E-state index contributed by atoms with van der Waals surface area (Å²) in [7, 11) is 0. The first kappa shape index (κ1) is 6.74. The number of nitroso groups, excluding NO2 is 1. The normalized spacial score (nSPS) is 16.5. The molecule has 0 unspecified atom stereocenters. The van der Waals surface area contributed by atoms with E-state index in [1.165, 1.54) is 18.2 Å². The molecule has 0 bridgehead atoms. The number of hydrogen-bond donors (Lipinski definition) is 1. The van der Waals surface area contributed by atoms with Crippen LogP contribution >= 0.6 is 0 Å². The highest BCUT2D eigenvalue weighted by molar-refractivity contribution is 5.93. The van der Waals surface area contributed by atoms with Crippen molar-refractivity contribution < 1.29 is 13.0 Å². The summed E-state index contributed by atoms with van der Waals surface area (Å²) in [5.41, 5.74) is -0.831. The Balaban J connectivity index is 3.26. The van der Waals surface area contributed by atoms with Crippen LogP contribution in [0.2, 0.25) is 0 Å². The molecule has 1 aromatic rings. The molecule has 0 atom stereocenters. The second kappa shape index (κ2) is 5.98. The highest BCUT2D eigenvalue weighted by atomic mass is 16.3. The van der Waals surface area contributed by atoms with Crippen molar-refractivity contribution in [2.75, 3.05) is 18.4 Å². The van der Waals surface area contributed by atoms with Crippen LogP contribution in [-0.2, 0) is 4.79 Å². The fourth-order valence-corrected chi connectivity index (χ4v) is 1.23.